The van der Waals surface area contributed by atoms with Gasteiger partial charge in [0.1, 0.15) is 0 Å². The summed E-state index contributed by atoms with van der Waals surface area (Å²) < 4.78 is 1.65. The van der Waals surface area contributed by atoms with Gasteiger partial charge in [-0.2, -0.15) is 23.5 Å². The van der Waals surface area contributed by atoms with E-state index in [1.54, 1.807) is 11.6 Å². The minimum Gasteiger partial charge on any atom is -0.363 e. The molecule has 2 rings (SSSR count). The summed E-state index contributed by atoms with van der Waals surface area (Å²) in [6.45, 7) is 0.748. The van der Waals surface area contributed by atoms with Crippen LogP contribution in [0.5, 0.6) is 0 Å². The van der Waals surface area contributed by atoms with E-state index in [4.69, 9.17) is 0 Å². The Balaban J connectivity index is 1.97. The number of imidazole rings is 1. The number of hydrogen-bond acceptors (Lipinski definition) is 6. The zero-order chi connectivity index (χ0) is 12.3. The lowest BCUT2D eigenvalue weighted by atomic mass is 10.4. The summed E-state index contributed by atoms with van der Waals surface area (Å²) in [5, 5.41) is 14.4. The van der Waals surface area contributed by atoms with E-state index >= 15 is 0 Å². The highest BCUT2D eigenvalue weighted by Gasteiger charge is 2.21. The van der Waals surface area contributed by atoms with Crippen LogP contribution in [0.4, 0.5) is 11.6 Å². The van der Waals surface area contributed by atoms with Crippen molar-refractivity contribution in [1.29, 1.82) is 0 Å². The van der Waals surface area contributed by atoms with Gasteiger partial charge in [-0.05, 0) is 9.91 Å². The Hall–Kier alpha value is -0.890. The molecule has 2 heterocycles. The first-order valence-corrected chi connectivity index (χ1v) is 7.47. The Morgan fingerprint density at radius 3 is 3.18 bits per heavy atom. The molecular formula is C9H14N4O2S2. The van der Waals surface area contributed by atoms with E-state index in [1.807, 2.05) is 23.5 Å². The third kappa shape index (κ3) is 3.06. The van der Waals surface area contributed by atoms with E-state index in [-0.39, 0.29) is 5.82 Å². The van der Waals surface area contributed by atoms with Gasteiger partial charge in [-0.3, -0.25) is 4.57 Å². The molecule has 0 aromatic carbocycles. The number of nitro groups is 1. The van der Waals surface area contributed by atoms with Crippen LogP contribution in [0.1, 0.15) is 0 Å². The predicted molar refractivity (Wildman–Crippen MR) is 71.9 cm³/mol. The van der Waals surface area contributed by atoms with E-state index in [2.05, 4.69) is 10.3 Å². The Morgan fingerprint density at radius 2 is 2.53 bits per heavy atom. The number of nitrogens with zero attached hydrogens (tertiary/aromatic N) is 3. The summed E-state index contributed by atoms with van der Waals surface area (Å²) in [6, 6.07) is 0. The first kappa shape index (κ1) is 12.6. The monoisotopic (exact) mass is 274 g/mol. The molecule has 8 heteroatoms. The fourth-order valence-corrected chi connectivity index (χ4v) is 4.23. The van der Waals surface area contributed by atoms with Gasteiger partial charge in [0, 0.05) is 36.1 Å². The van der Waals surface area contributed by atoms with Crippen molar-refractivity contribution in [2.24, 2.45) is 7.05 Å². The van der Waals surface area contributed by atoms with Gasteiger partial charge in [0.2, 0.25) is 12.1 Å². The third-order valence-electron chi connectivity index (χ3n) is 2.47. The standard InChI is InChI=1S/C9H14N4O2S2/c1-12-6-11-9(13(14)15)8(12)10-4-7-5-16-2-3-17-7/h6-7,10H,2-5H2,1H3. The maximum absolute atomic E-state index is 10.8. The van der Waals surface area contributed by atoms with Gasteiger partial charge in [0.25, 0.3) is 0 Å². The topological polar surface area (TPSA) is 73.0 Å². The summed E-state index contributed by atoms with van der Waals surface area (Å²) in [4.78, 5) is 14.1. The maximum atomic E-state index is 10.8. The summed E-state index contributed by atoms with van der Waals surface area (Å²) >= 11 is 3.86. The van der Waals surface area contributed by atoms with Gasteiger partial charge in [-0.15, -0.1) is 0 Å². The van der Waals surface area contributed by atoms with Crippen LogP contribution in [0.2, 0.25) is 0 Å². The van der Waals surface area contributed by atoms with Crippen molar-refractivity contribution < 1.29 is 4.92 Å². The zero-order valence-electron chi connectivity index (χ0n) is 9.46. The van der Waals surface area contributed by atoms with E-state index in [1.165, 1.54) is 12.1 Å². The second kappa shape index (κ2) is 5.63. The SMILES string of the molecule is Cn1cnc([N+](=O)[O-])c1NCC1CSCCS1. The summed E-state index contributed by atoms with van der Waals surface area (Å²) in [5.74, 6) is 3.85. The van der Waals surface area contributed by atoms with Crippen molar-refractivity contribution in [2.45, 2.75) is 5.25 Å². The third-order valence-corrected chi connectivity index (χ3v) is 5.32. The molecule has 1 aliphatic rings. The minimum absolute atomic E-state index is 0.0963. The molecule has 0 bridgehead atoms. The zero-order valence-corrected chi connectivity index (χ0v) is 11.1. The van der Waals surface area contributed by atoms with E-state index in [0.29, 0.717) is 11.1 Å². The van der Waals surface area contributed by atoms with Crippen LogP contribution in [-0.2, 0) is 7.05 Å². The van der Waals surface area contributed by atoms with Crippen LogP contribution >= 0.6 is 23.5 Å². The van der Waals surface area contributed by atoms with Gasteiger partial charge in [0.05, 0.1) is 0 Å². The molecule has 0 spiro atoms. The van der Waals surface area contributed by atoms with E-state index < -0.39 is 4.92 Å². The smallest absolute Gasteiger partial charge is 0.363 e. The average molecular weight is 274 g/mol. The summed E-state index contributed by atoms with van der Waals surface area (Å²) in [5.41, 5.74) is 0. The van der Waals surface area contributed by atoms with Gasteiger partial charge in [-0.25, -0.2) is 0 Å². The molecule has 1 aromatic rings. The fraction of sp³-hybridized carbons (Fsp3) is 0.667. The minimum atomic E-state index is -0.453. The number of thioether (sulfide) groups is 2. The number of nitrogens with one attached hydrogen (secondary N) is 1. The lowest BCUT2D eigenvalue weighted by Crippen LogP contribution is -2.24. The van der Waals surface area contributed by atoms with Crippen LogP contribution in [0.15, 0.2) is 6.33 Å². The summed E-state index contributed by atoms with van der Waals surface area (Å²) in [6.07, 6.45) is 1.46. The highest BCUT2D eigenvalue weighted by molar-refractivity contribution is 8.06. The maximum Gasteiger partial charge on any atom is 0.406 e. The average Bonchev–Trinajstić information content (AvgIpc) is 2.69. The fourth-order valence-electron chi connectivity index (χ4n) is 1.62. The van der Waals surface area contributed by atoms with Crippen molar-refractivity contribution in [3.8, 4) is 0 Å². The molecule has 1 fully saturated rings. The molecule has 6 nitrogen and oxygen atoms in total. The van der Waals surface area contributed by atoms with Crippen LogP contribution < -0.4 is 5.32 Å². The molecule has 1 N–H and O–H groups in total. The molecule has 0 aliphatic carbocycles. The number of aromatic nitrogens is 2. The quantitative estimate of drug-likeness (QED) is 0.664. The molecule has 17 heavy (non-hydrogen) atoms. The Kier molecular flexibility index (Phi) is 4.16. The van der Waals surface area contributed by atoms with Crippen molar-refractivity contribution in [2.75, 3.05) is 29.1 Å². The molecule has 1 atom stereocenters. The Morgan fingerprint density at radius 1 is 1.71 bits per heavy atom. The van der Waals surface area contributed by atoms with Crippen LogP contribution in [-0.4, -0.2) is 43.5 Å². The van der Waals surface area contributed by atoms with Crippen LogP contribution in [0.25, 0.3) is 0 Å². The largest absolute Gasteiger partial charge is 0.406 e. The molecule has 94 valence electrons. The van der Waals surface area contributed by atoms with Gasteiger partial charge in [-0.1, -0.05) is 0 Å². The first-order chi connectivity index (χ1) is 8.18. The van der Waals surface area contributed by atoms with Crippen LogP contribution in [0, 0.1) is 10.1 Å². The van der Waals surface area contributed by atoms with Crippen LogP contribution in [0.3, 0.4) is 0 Å². The molecule has 1 saturated heterocycles. The van der Waals surface area contributed by atoms with Gasteiger partial charge in [0.15, 0.2) is 0 Å². The number of hydrogen-bond donors (Lipinski definition) is 1. The molecule has 0 amide bonds. The highest BCUT2D eigenvalue weighted by atomic mass is 32.2. The summed E-state index contributed by atoms with van der Waals surface area (Å²) in [7, 11) is 1.76. The second-order valence-corrected chi connectivity index (χ2v) is 6.29. The predicted octanol–water partition coefficient (Wildman–Crippen LogP) is 1.59. The first-order valence-electron chi connectivity index (χ1n) is 5.27. The van der Waals surface area contributed by atoms with Crippen molar-refractivity contribution in [1.82, 2.24) is 9.55 Å². The number of anilines is 1. The van der Waals surface area contributed by atoms with Crippen molar-refractivity contribution in [3.05, 3.63) is 16.4 Å². The number of aryl methyl sites for hydroxylation is 1. The highest BCUT2D eigenvalue weighted by Crippen LogP contribution is 2.26. The molecule has 1 unspecified atom stereocenters. The molecule has 1 aromatic heterocycles. The van der Waals surface area contributed by atoms with Gasteiger partial charge < -0.3 is 15.4 Å². The lowest BCUT2D eigenvalue weighted by Gasteiger charge is -2.21. The normalized spacial score (nSPS) is 20.2. The lowest BCUT2D eigenvalue weighted by molar-refractivity contribution is -0.388. The number of rotatable bonds is 4. The Labute approximate surface area is 108 Å². The second-order valence-electron chi connectivity index (χ2n) is 3.73. The van der Waals surface area contributed by atoms with E-state index in [0.717, 1.165) is 18.1 Å². The molecule has 0 radical (unpaired) electrons. The Bertz CT molecular complexity index is 404. The van der Waals surface area contributed by atoms with E-state index in [9.17, 15) is 10.1 Å². The van der Waals surface area contributed by atoms with Crippen molar-refractivity contribution in [3.63, 3.8) is 0 Å². The molecule has 0 saturated carbocycles. The van der Waals surface area contributed by atoms with Crippen molar-refractivity contribution >= 4 is 35.2 Å². The van der Waals surface area contributed by atoms with Gasteiger partial charge >= 0.3 is 5.82 Å². The molecule has 1 aliphatic heterocycles. The molecular weight excluding hydrogens is 260 g/mol.